The number of rotatable bonds is 6. The van der Waals surface area contributed by atoms with E-state index in [1.165, 1.54) is 6.26 Å². The fourth-order valence-corrected chi connectivity index (χ4v) is 4.49. The number of imide groups is 1. The van der Waals surface area contributed by atoms with Crippen molar-refractivity contribution in [3.63, 3.8) is 0 Å². The van der Waals surface area contributed by atoms with Gasteiger partial charge in [0.1, 0.15) is 12.1 Å². The van der Waals surface area contributed by atoms with Gasteiger partial charge in [-0.2, -0.15) is 0 Å². The van der Waals surface area contributed by atoms with Crippen molar-refractivity contribution in [2.24, 2.45) is 0 Å². The van der Waals surface area contributed by atoms with Gasteiger partial charge in [0.2, 0.25) is 5.91 Å². The highest BCUT2D eigenvalue weighted by Gasteiger charge is 2.55. The van der Waals surface area contributed by atoms with Crippen LogP contribution in [0.3, 0.4) is 0 Å². The van der Waals surface area contributed by atoms with Crippen molar-refractivity contribution in [2.75, 3.05) is 11.9 Å². The molecule has 5 amide bonds. The number of anilines is 1. The molecule has 1 saturated heterocycles. The van der Waals surface area contributed by atoms with Gasteiger partial charge in [0.25, 0.3) is 11.8 Å². The zero-order valence-corrected chi connectivity index (χ0v) is 18.2. The number of nitrogens with one attached hydrogen (secondary N) is 3. The maximum Gasteiger partial charge on any atom is 0.325 e. The molecule has 0 saturated carbocycles. The van der Waals surface area contributed by atoms with E-state index in [1.54, 1.807) is 36.4 Å². The van der Waals surface area contributed by atoms with Gasteiger partial charge in [-0.3, -0.25) is 19.3 Å². The normalized spacial score (nSPS) is 18.6. The summed E-state index contributed by atoms with van der Waals surface area (Å²) in [7, 11) is 0. The molecule has 1 unspecified atom stereocenters. The molecule has 172 valence electrons. The third kappa shape index (κ3) is 3.81. The maximum absolute atomic E-state index is 13.2. The Labute approximate surface area is 195 Å². The van der Waals surface area contributed by atoms with E-state index in [0.29, 0.717) is 18.5 Å². The summed E-state index contributed by atoms with van der Waals surface area (Å²) in [5.74, 6) is -1.06. The number of amides is 5. The molecule has 9 nitrogen and oxygen atoms in total. The fourth-order valence-electron chi connectivity index (χ4n) is 4.49. The van der Waals surface area contributed by atoms with E-state index >= 15 is 0 Å². The van der Waals surface area contributed by atoms with Gasteiger partial charge in [-0.15, -0.1) is 0 Å². The van der Waals surface area contributed by atoms with Crippen LogP contribution in [0, 0.1) is 0 Å². The molecule has 2 aliphatic rings. The predicted octanol–water partition coefficient (Wildman–Crippen LogP) is 2.54. The zero-order valence-electron chi connectivity index (χ0n) is 18.2. The first-order valence-corrected chi connectivity index (χ1v) is 10.9. The fraction of sp³-hybridized carbons (Fsp3) is 0.200. The molecule has 1 atom stereocenters. The third-order valence-corrected chi connectivity index (χ3v) is 6.14. The van der Waals surface area contributed by atoms with E-state index in [1.807, 2.05) is 24.3 Å². The Hall–Kier alpha value is -4.40. The molecular formula is C25H22N4O5. The second-order valence-electron chi connectivity index (χ2n) is 8.29. The second-order valence-corrected chi connectivity index (χ2v) is 8.29. The Kier molecular flexibility index (Phi) is 5.37. The number of furan rings is 1. The summed E-state index contributed by atoms with van der Waals surface area (Å²) in [4.78, 5) is 51.4. The smallest absolute Gasteiger partial charge is 0.325 e. The number of fused-ring (bicyclic) bond motifs is 2. The summed E-state index contributed by atoms with van der Waals surface area (Å²) < 4.78 is 5.08. The van der Waals surface area contributed by atoms with Gasteiger partial charge in [0, 0.05) is 12.2 Å². The molecule has 9 heteroatoms. The van der Waals surface area contributed by atoms with Crippen molar-refractivity contribution < 1.29 is 23.6 Å². The number of carbonyl (C=O) groups excluding carboxylic acids is 4. The monoisotopic (exact) mass is 458 g/mol. The Morgan fingerprint density at radius 3 is 2.74 bits per heavy atom. The van der Waals surface area contributed by atoms with Crippen LogP contribution in [0.15, 0.2) is 71.3 Å². The van der Waals surface area contributed by atoms with Crippen molar-refractivity contribution in [3.05, 3.63) is 89.4 Å². The number of urea groups is 1. The SMILES string of the molecule is O=C(CN1C(=O)NC2(CCc3ccccc32)C1=O)NCc1cccc(NC(=O)c2ccco2)c1. The van der Waals surface area contributed by atoms with E-state index in [0.717, 1.165) is 21.6 Å². The minimum absolute atomic E-state index is 0.168. The molecule has 2 heterocycles. The molecule has 1 spiro atoms. The van der Waals surface area contributed by atoms with E-state index in [4.69, 9.17) is 4.42 Å². The van der Waals surface area contributed by atoms with Crippen LogP contribution >= 0.6 is 0 Å². The van der Waals surface area contributed by atoms with Crippen molar-refractivity contribution in [1.29, 1.82) is 0 Å². The highest BCUT2D eigenvalue weighted by molar-refractivity contribution is 6.10. The number of carbonyl (C=O) groups is 4. The number of hydrogen-bond donors (Lipinski definition) is 3. The van der Waals surface area contributed by atoms with E-state index < -0.39 is 23.4 Å². The summed E-state index contributed by atoms with van der Waals surface area (Å²) in [6.07, 6.45) is 2.58. The Morgan fingerprint density at radius 1 is 1.06 bits per heavy atom. The van der Waals surface area contributed by atoms with Crippen molar-refractivity contribution in [3.8, 4) is 0 Å². The van der Waals surface area contributed by atoms with Crippen LogP contribution in [-0.4, -0.2) is 35.2 Å². The van der Waals surface area contributed by atoms with Gasteiger partial charge in [0.05, 0.1) is 6.26 Å². The summed E-state index contributed by atoms with van der Waals surface area (Å²) in [6.45, 7) is -0.204. The molecule has 1 aliphatic carbocycles. The highest BCUT2D eigenvalue weighted by Crippen LogP contribution is 2.41. The molecule has 1 aromatic heterocycles. The number of hydrogen-bond acceptors (Lipinski definition) is 5. The van der Waals surface area contributed by atoms with E-state index in [2.05, 4.69) is 16.0 Å². The van der Waals surface area contributed by atoms with Crippen molar-refractivity contribution >= 4 is 29.4 Å². The van der Waals surface area contributed by atoms with Gasteiger partial charge >= 0.3 is 6.03 Å². The van der Waals surface area contributed by atoms with Gasteiger partial charge in [-0.25, -0.2) is 4.79 Å². The van der Waals surface area contributed by atoms with Gasteiger partial charge < -0.3 is 20.4 Å². The summed E-state index contributed by atoms with van der Waals surface area (Å²) in [5.41, 5.74) is 2.02. The zero-order chi connectivity index (χ0) is 23.7. The second kappa shape index (κ2) is 8.51. The lowest BCUT2D eigenvalue weighted by molar-refractivity contribution is -0.135. The molecular weight excluding hydrogens is 436 g/mol. The standard InChI is InChI=1S/C25H22N4O5/c30-21(26-14-16-5-3-7-18(13-16)27-22(31)20-9-4-12-34-20)15-29-23(32)25(28-24(29)33)11-10-17-6-1-2-8-19(17)25/h1-9,12-13H,10-11,14-15H2,(H,26,30)(H,27,31)(H,28,33). The van der Waals surface area contributed by atoms with Crippen LogP contribution in [0.2, 0.25) is 0 Å². The lowest BCUT2D eigenvalue weighted by Gasteiger charge is -2.22. The first kappa shape index (κ1) is 21.4. The van der Waals surface area contributed by atoms with E-state index in [9.17, 15) is 19.2 Å². The van der Waals surface area contributed by atoms with E-state index in [-0.39, 0.29) is 24.8 Å². The lowest BCUT2D eigenvalue weighted by atomic mass is 9.92. The average molecular weight is 458 g/mol. The molecule has 3 aromatic rings. The first-order valence-electron chi connectivity index (χ1n) is 10.9. The number of nitrogens with zero attached hydrogens (tertiary/aromatic N) is 1. The highest BCUT2D eigenvalue weighted by atomic mass is 16.3. The quantitative estimate of drug-likeness (QED) is 0.490. The first-order chi connectivity index (χ1) is 16.5. The summed E-state index contributed by atoms with van der Waals surface area (Å²) >= 11 is 0. The maximum atomic E-state index is 13.2. The lowest BCUT2D eigenvalue weighted by Crippen LogP contribution is -2.43. The molecule has 0 bridgehead atoms. The topological polar surface area (TPSA) is 121 Å². The van der Waals surface area contributed by atoms with Gasteiger partial charge in [0.15, 0.2) is 5.76 Å². The Morgan fingerprint density at radius 2 is 1.91 bits per heavy atom. The molecule has 5 rings (SSSR count). The van der Waals surface area contributed by atoms with Crippen LogP contribution in [0.1, 0.15) is 33.7 Å². The molecule has 1 aliphatic heterocycles. The third-order valence-electron chi connectivity index (χ3n) is 6.14. The Bertz CT molecular complexity index is 1290. The average Bonchev–Trinajstić information content (AvgIpc) is 3.55. The molecule has 1 fully saturated rings. The number of aryl methyl sites for hydroxylation is 1. The molecule has 2 aromatic carbocycles. The van der Waals surface area contributed by atoms with Crippen molar-refractivity contribution in [1.82, 2.24) is 15.5 Å². The van der Waals surface area contributed by atoms with Crippen LogP contribution in [0.5, 0.6) is 0 Å². The Balaban J connectivity index is 1.20. The van der Waals surface area contributed by atoms with Crippen LogP contribution in [0.4, 0.5) is 10.5 Å². The van der Waals surface area contributed by atoms with Crippen LogP contribution in [-0.2, 0) is 28.1 Å². The minimum Gasteiger partial charge on any atom is -0.459 e. The molecule has 3 N–H and O–H groups in total. The minimum atomic E-state index is -1.09. The predicted molar refractivity (Wildman–Crippen MR) is 122 cm³/mol. The van der Waals surface area contributed by atoms with Gasteiger partial charge in [-0.05, 0) is 53.8 Å². The largest absolute Gasteiger partial charge is 0.459 e. The van der Waals surface area contributed by atoms with Crippen LogP contribution < -0.4 is 16.0 Å². The molecule has 0 radical (unpaired) electrons. The van der Waals surface area contributed by atoms with Crippen LogP contribution in [0.25, 0.3) is 0 Å². The van der Waals surface area contributed by atoms with Gasteiger partial charge in [-0.1, -0.05) is 36.4 Å². The summed E-state index contributed by atoms with van der Waals surface area (Å²) in [5, 5.41) is 8.27. The number of benzene rings is 2. The summed E-state index contributed by atoms with van der Waals surface area (Å²) in [6, 6.07) is 17.1. The molecule has 34 heavy (non-hydrogen) atoms. The van der Waals surface area contributed by atoms with Crippen molar-refractivity contribution in [2.45, 2.75) is 24.9 Å².